The van der Waals surface area contributed by atoms with E-state index in [1.54, 1.807) is 29.8 Å². The Bertz CT molecular complexity index is 1390. The van der Waals surface area contributed by atoms with Crippen molar-refractivity contribution in [3.63, 3.8) is 0 Å². The molecule has 3 aliphatic heterocycles. The molecule has 3 fully saturated rings. The van der Waals surface area contributed by atoms with Gasteiger partial charge in [-0.3, -0.25) is 18.1 Å². The predicted octanol–water partition coefficient (Wildman–Crippen LogP) is 3.06. The van der Waals surface area contributed by atoms with E-state index in [0.717, 1.165) is 5.56 Å². The van der Waals surface area contributed by atoms with Gasteiger partial charge in [-0.15, -0.1) is 0 Å². The number of pyridine rings is 1. The maximum Gasteiger partial charge on any atom is 0.509 e. The van der Waals surface area contributed by atoms with Crippen LogP contribution in [0, 0.1) is 0 Å². The monoisotopic (exact) mass is 582 g/mol. The topological polar surface area (TPSA) is 172 Å². The third-order valence-electron chi connectivity index (χ3n) is 6.27. The lowest BCUT2D eigenvalue weighted by molar-refractivity contribution is -0.0925. The summed E-state index contributed by atoms with van der Waals surface area (Å²) < 4.78 is 49.3. The highest BCUT2D eigenvalue weighted by Crippen LogP contribution is 2.58. The molecule has 3 aromatic rings. The van der Waals surface area contributed by atoms with Crippen molar-refractivity contribution in [2.75, 3.05) is 18.9 Å². The summed E-state index contributed by atoms with van der Waals surface area (Å²) in [6.45, 7) is 1.56. The van der Waals surface area contributed by atoms with Crippen LogP contribution in [0.25, 0.3) is 11.2 Å². The first-order valence-corrected chi connectivity index (χ1v) is 13.2. The first kappa shape index (κ1) is 23.7. The maximum atomic E-state index is 13.3. The SMILES string of the molecule is C[C@@]12OC(=O)O[C@@H]1[C@@H](CO[P@@]1(=O)OCC[C@@H](c3ccnc(Br)c3)O1)O[C@H]2n1cnc2c(N)ncnc21. The number of aromatic nitrogens is 5. The fraction of sp³-hybridized carbons (Fsp3) is 0.450. The van der Waals surface area contributed by atoms with E-state index in [1.165, 1.54) is 12.7 Å². The molecule has 0 amide bonds. The van der Waals surface area contributed by atoms with E-state index in [0.29, 0.717) is 22.2 Å². The van der Waals surface area contributed by atoms with Gasteiger partial charge in [0.05, 0.1) is 25.6 Å². The molecule has 0 aliphatic carbocycles. The van der Waals surface area contributed by atoms with Crippen LogP contribution in [0.4, 0.5) is 10.6 Å². The zero-order chi connectivity index (χ0) is 25.1. The number of nitrogens with two attached hydrogens (primary N) is 1. The fourth-order valence-electron chi connectivity index (χ4n) is 4.59. The van der Waals surface area contributed by atoms with Gasteiger partial charge in [0.25, 0.3) is 0 Å². The van der Waals surface area contributed by atoms with Crippen molar-refractivity contribution in [2.45, 2.75) is 43.5 Å². The van der Waals surface area contributed by atoms with Crippen LogP contribution in [0.15, 0.2) is 35.6 Å². The van der Waals surface area contributed by atoms with E-state index in [-0.39, 0.29) is 19.0 Å². The summed E-state index contributed by atoms with van der Waals surface area (Å²) in [5, 5.41) is 0. The second-order valence-corrected chi connectivity index (χ2v) is 11.0. The normalized spacial score (nSPS) is 33.9. The molecule has 16 heteroatoms. The molecule has 6 rings (SSSR count). The number of hydrogen-bond donors (Lipinski definition) is 1. The molecule has 0 saturated carbocycles. The zero-order valence-electron chi connectivity index (χ0n) is 18.7. The van der Waals surface area contributed by atoms with Gasteiger partial charge in [-0.2, -0.15) is 0 Å². The summed E-state index contributed by atoms with van der Waals surface area (Å²) in [7, 11) is -3.96. The van der Waals surface area contributed by atoms with Crippen LogP contribution < -0.4 is 5.73 Å². The number of phosphoric ester groups is 1. The largest absolute Gasteiger partial charge is 0.509 e. The lowest BCUT2D eigenvalue weighted by Gasteiger charge is -2.29. The Balaban J connectivity index is 1.23. The molecular formula is C20H20BrN6O8P. The van der Waals surface area contributed by atoms with Gasteiger partial charge in [0.1, 0.15) is 22.6 Å². The molecule has 14 nitrogen and oxygen atoms in total. The molecule has 0 unspecified atom stereocenters. The number of nitrogens with zero attached hydrogens (tertiary/aromatic N) is 5. The molecule has 2 N–H and O–H groups in total. The molecule has 0 spiro atoms. The highest BCUT2D eigenvalue weighted by molar-refractivity contribution is 9.10. The van der Waals surface area contributed by atoms with E-state index in [9.17, 15) is 9.36 Å². The van der Waals surface area contributed by atoms with Gasteiger partial charge in [-0.25, -0.2) is 29.3 Å². The first-order chi connectivity index (χ1) is 17.3. The number of nitrogen functional groups attached to an aromatic ring is 1. The summed E-state index contributed by atoms with van der Waals surface area (Å²) in [4.78, 5) is 28.6. The quantitative estimate of drug-likeness (QED) is 0.264. The van der Waals surface area contributed by atoms with Crippen LogP contribution >= 0.6 is 23.8 Å². The maximum absolute atomic E-state index is 13.3. The van der Waals surface area contributed by atoms with E-state index in [4.69, 9.17) is 33.5 Å². The number of carbonyl (C=O) groups excluding carboxylic acids is 1. The third kappa shape index (κ3) is 3.96. The lowest BCUT2D eigenvalue weighted by atomic mass is 9.96. The van der Waals surface area contributed by atoms with Gasteiger partial charge in [-0.1, -0.05) is 0 Å². The standard InChI is InChI=1S/C20H20BrN6O8P/c1-20-15(33-19(28)34-20)12(32-18(20)27-9-26-14-16(22)24-8-25-17(14)27)7-31-36(29)30-5-3-11(35-36)10-2-4-23-13(21)6-10/h2,4,6,8-9,11-12,15,18H,3,5,7H2,1H3,(H2,22,24,25)/t11-,12+,15+,18+,20+,36+/m0/s1. The Kier molecular flexibility index (Phi) is 5.74. The molecule has 36 heavy (non-hydrogen) atoms. The van der Waals surface area contributed by atoms with Crippen molar-refractivity contribution in [3.8, 4) is 0 Å². The third-order valence-corrected chi connectivity index (χ3v) is 8.18. The van der Waals surface area contributed by atoms with Crippen LogP contribution in [0.1, 0.15) is 31.2 Å². The molecule has 190 valence electrons. The fourth-order valence-corrected chi connectivity index (χ4v) is 6.36. The van der Waals surface area contributed by atoms with E-state index in [1.807, 2.05) is 0 Å². The molecule has 6 heterocycles. The molecule has 3 saturated heterocycles. The minimum Gasteiger partial charge on any atom is -0.424 e. The number of imidazole rings is 1. The highest BCUT2D eigenvalue weighted by Gasteiger charge is 2.64. The second-order valence-electron chi connectivity index (χ2n) is 8.56. The van der Waals surface area contributed by atoms with Gasteiger partial charge in [0.15, 0.2) is 29.4 Å². The van der Waals surface area contributed by atoms with Gasteiger partial charge in [-0.05, 0) is 40.5 Å². The summed E-state index contributed by atoms with van der Waals surface area (Å²) in [5.74, 6) is 0.193. The van der Waals surface area contributed by atoms with E-state index < -0.39 is 44.1 Å². The molecule has 0 aromatic carbocycles. The number of phosphoric acid groups is 1. The zero-order valence-corrected chi connectivity index (χ0v) is 21.2. The van der Waals surface area contributed by atoms with Crippen molar-refractivity contribution in [1.29, 1.82) is 0 Å². The molecular weight excluding hydrogens is 563 g/mol. The Morgan fingerprint density at radius 3 is 3.03 bits per heavy atom. The summed E-state index contributed by atoms with van der Waals surface area (Å²) >= 11 is 3.32. The number of rotatable bonds is 5. The van der Waals surface area contributed by atoms with Crippen LogP contribution in [0.3, 0.4) is 0 Å². The van der Waals surface area contributed by atoms with Gasteiger partial charge in [0, 0.05) is 12.6 Å². The summed E-state index contributed by atoms with van der Waals surface area (Å²) in [5.41, 5.74) is 6.18. The Morgan fingerprint density at radius 1 is 1.33 bits per heavy atom. The van der Waals surface area contributed by atoms with Gasteiger partial charge in [0.2, 0.25) is 0 Å². The van der Waals surface area contributed by atoms with E-state index in [2.05, 4.69) is 35.9 Å². The highest BCUT2D eigenvalue weighted by atomic mass is 79.9. The van der Waals surface area contributed by atoms with Crippen molar-refractivity contribution in [2.24, 2.45) is 0 Å². The average Bonchev–Trinajstić information content (AvgIpc) is 3.48. The minimum absolute atomic E-state index is 0.164. The molecule has 0 radical (unpaired) electrons. The number of carbonyl (C=O) groups is 1. The van der Waals surface area contributed by atoms with Crippen molar-refractivity contribution in [3.05, 3.63) is 41.2 Å². The predicted molar refractivity (Wildman–Crippen MR) is 123 cm³/mol. The number of fused-ring (bicyclic) bond motifs is 2. The van der Waals surface area contributed by atoms with E-state index >= 15 is 0 Å². The number of hydrogen-bond acceptors (Lipinski definition) is 13. The second kappa shape index (κ2) is 8.71. The van der Waals surface area contributed by atoms with Crippen molar-refractivity contribution < 1.29 is 37.1 Å². The minimum atomic E-state index is -3.96. The smallest absolute Gasteiger partial charge is 0.424 e. The van der Waals surface area contributed by atoms with Crippen molar-refractivity contribution >= 4 is 46.9 Å². The molecule has 0 bridgehead atoms. The van der Waals surface area contributed by atoms with Crippen LogP contribution in [0.5, 0.6) is 0 Å². The Labute approximate surface area is 212 Å². The molecule has 3 aromatic heterocycles. The van der Waals surface area contributed by atoms with Gasteiger partial charge >= 0.3 is 14.0 Å². The number of ether oxygens (including phenoxy) is 3. The van der Waals surface area contributed by atoms with Gasteiger partial charge < -0.3 is 19.9 Å². The summed E-state index contributed by atoms with van der Waals surface area (Å²) in [6.07, 6.45) is 0.848. The molecule has 3 aliphatic rings. The lowest BCUT2D eigenvalue weighted by Crippen LogP contribution is -2.42. The van der Waals surface area contributed by atoms with Crippen LogP contribution in [-0.4, -0.2) is 61.7 Å². The number of halogens is 1. The average molecular weight is 583 g/mol. The number of anilines is 1. The first-order valence-electron chi connectivity index (χ1n) is 10.9. The van der Waals surface area contributed by atoms with Crippen LogP contribution in [0.2, 0.25) is 0 Å². The molecule has 6 atom stereocenters. The Morgan fingerprint density at radius 2 is 2.19 bits per heavy atom. The van der Waals surface area contributed by atoms with Crippen LogP contribution in [-0.2, 0) is 32.3 Å². The van der Waals surface area contributed by atoms with Crippen molar-refractivity contribution in [1.82, 2.24) is 24.5 Å². The Hall–Kier alpha value is -2.68. The summed E-state index contributed by atoms with van der Waals surface area (Å²) in [6, 6.07) is 3.54.